The van der Waals surface area contributed by atoms with Crippen molar-refractivity contribution in [3.05, 3.63) is 32.8 Å². The second-order valence-electron chi connectivity index (χ2n) is 5.76. The van der Waals surface area contributed by atoms with Crippen LogP contribution in [0.15, 0.2) is 12.1 Å². The molecule has 0 bridgehead atoms. The number of halogens is 1. The number of piperidine rings is 1. The lowest BCUT2D eigenvalue weighted by Crippen LogP contribution is -2.38. The highest BCUT2D eigenvalue weighted by atomic mass is 35.5. The molecule has 7 heteroatoms. The lowest BCUT2D eigenvalue weighted by Gasteiger charge is -2.35. The predicted molar refractivity (Wildman–Crippen MR) is 89.3 cm³/mol. The molecule has 126 valence electrons. The number of carbonyl (C=O) groups is 1. The first-order valence-corrected chi connectivity index (χ1v) is 8.25. The van der Waals surface area contributed by atoms with E-state index in [9.17, 15) is 14.9 Å². The Labute approximate surface area is 140 Å². The smallest absolute Gasteiger partial charge is 0.338 e. The third-order valence-corrected chi connectivity index (χ3v) is 4.29. The number of hydrogen-bond donors (Lipinski definition) is 0. The molecule has 1 aliphatic rings. The highest BCUT2D eigenvalue weighted by Crippen LogP contribution is 2.40. The fourth-order valence-corrected chi connectivity index (χ4v) is 3.16. The monoisotopic (exact) mass is 340 g/mol. The summed E-state index contributed by atoms with van der Waals surface area (Å²) in [5.41, 5.74) is 0.370. The largest absolute Gasteiger partial charge is 0.462 e. The first-order valence-electron chi connectivity index (χ1n) is 7.87. The van der Waals surface area contributed by atoms with Crippen molar-refractivity contribution in [2.24, 2.45) is 0 Å². The number of ether oxygens (including phenoxy) is 1. The van der Waals surface area contributed by atoms with Gasteiger partial charge in [-0.3, -0.25) is 10.1 Å². The topological polar surface area (TPSA) is 72.7 Å². The molecule has 23 heavy (non-hydrogen) atoms. The molecule has 0 aromatic heterocycles. The van der Waals surface area contributed by atoms with Crippen LogP contribution in [0.3, 0.4) is 0 Å². The van der Waals surface area contributed by atoms with Crippen LogP contribution >= 0.6 is 11.6 Å². The van der Waals surface area contributed by atoms with Crippen LogP contribution in [-0.4, -0.2) is 30.1 Å². The maximum atomic E-state index is 12.0. The van der Waals surface area contributed by atoms with Gasteiger partial charge in [0.25, 0.3) is 5.69 Å². The summed E-state index contributed by atoms with van der Waals surface area (Å²) in [5.74, 6) is -0.588. The van der Waals surface area contributed by atoms with Crippen LogP contribution in [0.1, 0.15) is 49.9 Å². The summed E-state index contributed by atoms with van der Waals surface area (Å²) in [6, 6.07) is 2.90. The highest BCUT2D eigenvalue weighted by Gasteiger charge is 2.30. The van der Waals surface area contributed by atoms with Crippen molar-refractivity contribution in [1.82, 2.24) is 0 Å². The molecule has 1 heterocycles. The van der Waals surface area contributed by atoms with Crippen molar-refractivity contribution in [2.45, 2.75) is 45.6 Å². The molecular weight excluding hydrogens is 320 g/mol. The molecule has 0 unspecified atom stereocenters. The van der Waals surface area contributed by atoms with Gasteiger partial charge in [-0.15, -0.1) is 0 Å². The first-order chi connectivity index (χ1) is 11.0. The Morgan fingerprint density at radius 3 is 2.83 bits per heavy atom. The van der Waals surface area contributed by atoms with Crippen LogP contribution in [0.5, 0.6) is 0 Å². The minimum atomic E-state index is -0.588. The quantitative estimate of drug-likeness (QED) is 0.456. The molecule has 0 radical (unpaired) electrons. The summed E-state index contributed by atoms with van der Waals surface area (Å²) in [6.45, 7) is 4.91. The lowest BCUT2D eigenvalue weighted by atomic mass is 10.0. The van der Waals surface area contributed by atoms with Crippen molar-refractivity contribution in [1.29, 1.82) is 0 Å². The van der Waals surface area contributed by atoms with Crippen molar-refractivity contribution >= 4 is 28.9 Å². The second kappa shape index (κ2) is 7.64. The van der Waals surface area contributed by atoms with Crippen LogP contribution in [0, 0.1) is 10.1 Å². The van der Waals surface area contributed by atoms with Gasteiger partial charge in [0.1, 0.15) is 5.69 Å². The van der Waals surface area contributed by atoms with Gasteiger partial charge in [-0.2, -0.15) is 0 Å². The Kier molecular flexibility index (Phi) is 5.82. The maximum Gasteiger partial charge on any atom is 0.338 e. The number of rotatable bonds is 5. The number of benzene rings is 1. The van der Waals surface area contributed by atoms with Crippen molar-refractivity contribution in [2.75, 3.05) is 18.1 Å². The fraction of sp³-hybridized carbons (Fsp3) is 0.562. The van der Waals surface area contributed by atoms with Gasteiger partial charge in [0.15, 0.2) is 0 Å². The third-order valence-electron chi connectivity index (χ3n) is 4.00. The van der Waals surface area contributed by atoms with E-state index in [0.29, 0.717) is 12.1 Å². The Morgan fingerprint density at radius 1 is 1.48 bits per heavy atom. The average Bonchev–Trinajstić information content (AvgIpc) is 2.52. The van der Waals surface area contributed by atoms with Gasteiger partial charge in [-0.05, 0) is 38.7 Å². The molecule has 1 aromatic rings. The van der Waals surface area contributed by atoms with Crippen LogP contribution < -0.4 is 4.90 Å². The van der Waals surface area contributed by atoms with Crippen LogP contribution in [0.4, 0.5) is 11.4 Å². The zero-order valence-corrected chi connectivity index (χ0v) is 14.1. The average molecular weight is 341 g/mol. The number of esters is 1. The minimum absolute atomic E-state index is 0.114. The van der Waals surface area contributed by atoms with E-state index in [-0.39, 0.29) is 28.9 Å². The number of carbonyl (C=O) groups excluding carboxylic acids is 1. The molecule has 0 aliphatic carbocycles. The summed E-state index contributed by atoms with van der Waals surface area (Å²) in [5, 5.41) is 11.7. The van der Waals surface area contributed by atoms with Gasteiger partial charge in [0.2, 0.25) is 0 Å². The predicted octanol–water partition coefficient (Wildman–Crippen LogP) is 4.19. The van der Waals surface area contributed by atoms with Crippen molar-refractivity contribution in [3.63, 3.8) is 0 Å². The molecule has 0 spiro atoms. The molecule has 1 saturated heterocycles. The van der Waals surface area contributed by atoms with E-state index >= 15 is 0 Å². The molecular formula is C16H21ClN2O4. The Bertz CT molecular complexity index is 606. The molecule has 1 atom stereocenters. The number of anilines is 1. The number of nitrogens with zero attached hydrogens (tertiary/aromatic N) is 2. The fourth-order valence-electron chi connectivity index (χ4n) is 2.83. The number of nitro benzene ring substituents is 1. The molecule has 0 N–H and O–H groups in total. The molecule has 0 amide bonds. The number of hydrogen-bond acceptors (Lipinski definition) is 5. The molecule has 1 fully saturated rings. The minimum Gasteiger partial charge on any atom is -0.462 e. The van der Waals surface area contributed by atoms with E-state index in [0.717, 1.165) is 25.8 Å². The van der Waals surface area contributed by atoms with E-state index in [1.54, 1.807) is 0 Å². The zero-order chi connectivity index (χ0) is 17.0. The Morgan fingerprint density at radius 2 is 2.22 bits per heavy atom. The zero-order valence-electron chi connectivity index (χ0n) is 13.4. The normalized spacial score (nSPS) is 17.9. The van der Waals surface area contributed by atoms with Gasteiger partial charge in [-0.25, -0.2) is 4.79 Å². The van der Waals surface area contributed by atoms with Gasteiger partial charge >= 0.3 is 5.97 Å². The van der Waals surface area contributed by atoms with Crippen LogP contribution in [0.25, 0.3) is 0 Å². The van der Waals surface area contributed by atoms with Crippen LogP contribution in [0.2, 0.25) is 5.02 Å². The van der Waals surface area contributed by atoms with E-state index < -0.39 is 10.9 Å². The van der Waals surface area contributed by atoms with Gasteiger partial charge < -0.3 is 9.64 Å². The summed E-state index contributed by atoms with van der Waals surface area (Å²) in [7, 11) is 0. The molecule has 2 rings (SSSR count). The standard InChI is InChI=1S/C16H21ClN2O4/c1-3-8-23-16(20)12-9-13(17)15(14(10-12)19(21)22)18-7-5-4-6-11(18)2/h9-11H,3-8H2,1-2H3/t11-/m0/s1. The molecule has 6 nitrogen and oxygen atoms in total. The van der Waals surface area contributed by atoms with E-state index in [1.807, 2.05) is 18.7 Å². The van der Waals surface area contributed by atoms with Gasteiger partial charge in [0, 0.05) is 18.7 Å². The van der Waals surface area contributed by atoms with E-state index in [1.165, 1.54) is 12.1 Å². The maximum absolute atomic E-state index is 12.0. The summed E-state index contributed by atoms with van der Waals surface area (Å²) >= 11 is 6.30. The van der Waals surface area contributed by atoms with E-state index in [4.69, 9.17) is 16.3 Å². The summed E-state index contributed by atoms with van der Waals surface area (Å²) in [6.07, 6.45) is 3.72. The SMILES string of the molecule is CCCOC(=O)c1cc(Cl)c(N2CCCC[C@@H]2C)c([N+](=O)[O-])c1. The van der Waals surface area contributed by atoms with Crippen molar-refractivity contribution in [3.8, 4) is 0 Å². The highest BCUT2D eigenvalue weighted by molar-refractivity contribution is 6.34. The summed E-state index contributed by atoms with van der Waals surface area (Å²) in [4.78, 5) is 24.9. The van der Waals surface area contributed by atoms with E-state index in [2.05, 4.69) is 0 Å². The van der Waals surface area contributed by atoms with Crippen molar-refractivity contribution < 1.29 is 14.5 Å². The molecule has 1 aliphatic heterocycles. The second-order valence-corrected chi connectivity index (χ2v) is 6.16. The third kappa shape index (κ3) is 3.93. The Balaban J connectivity index is 2.42. The number of nitro groups is 1. The lowest BCUT2D eigenvalue weighted by molar-refractivity contribution is -0.384. The molecule has 1 aromatic carbocycles. The summed E-state index contributed by atoms with van der Waals surface area (Å²) < 4.78 is 5.04. The van der Waals surface area contributed by atoms with Crippen LogP contribution in [-0.2, 0) is 4.74 Å². The van der Waals surface area contributed by atoms with Gasteiger partial charge in [-0.1, -0.05) is 18.5 Å². The molecule has 0 saturated carbocycles. The Hall–Kier alpha value is -1.82. The van der Waals surface area contributed by atoms with Gasteiger partial charge in [0.05, 0.1) is 22.1 Å². The first kappa shape index (κ1) is 17.5.